The van der Waals surface area contributed by atoms with E-state index in [1.165, 1.54) is 12.1 Å². The van der Waals surface area contributed by atoms with Crippen LogP contribution in [-0.2, 0) is 16.0 Å². The molecule has 0 radical (unpaired) electrons. The molecule has 7 nitrogen and oxygen atoms in total. The van der Waals surface area contributed by atoms with Crippen molar-refractivity contribution in [1.82, 2.24) is 0 Å². The second-order valence-electron chi connectivity index (χ2n) is 6.07. The highest BCUT2D eigenvalue weighted by Crippen LogP contribution is 2.19. The first-order valence-electron chi connectivity index (χ1n) is 8.71. The zero-order chi connectivity index (χ0) is 19.8. The summed E-state index contributed by atoms with van der Waals surface area (Å²) in [5.41, 5.74) is 2.45. The largest absolute Gasteiger partial charge is 0.466 e. The molecular weight excluding hydrogens is 348 g/mol. The van der Waals surface area contributed by atoms with Gasteiger partial charge in [0.05, 0.1) is 11.5 Å². The molecular formula is C20H22N2O5. The molecule has 0 aliphatic heterocycles. The van der Waals surface area contributed by atoms with E-state index in [1.54, 1.807) is 32.0 Å². The highest BCUT2D eigenvalue weighted by Gasteiger charge is 2.15. The van der Waals surface area contributed by atoms with Crippen molar-refractivity contribution >= 4 is 23.3 Å². The predicted octanol–water partition coefficient (Wildman–Crippen LogP) is 4.04. The molecule has 2 rings (SSSR count). The van der Waals surface area contributed by atoms with Gasteiger partial charge in [0.25, 0.3) is 11.6 Å². The van der Waals surface area contributed by atoms with E-state index in [1.807, 2.05) is 12.1 Å². The topological polar surface area (TPSA) is 98.5 Å². The number of nitro benzene ring substituents is 1. The number of nitrogens with one attached hydrogen (secondary N) is 1. The molecule has 2 aromatic rings. The van der Waals surface area contributed by atoms with Crippen molar-refractivity contribution in [2.75, 3.05) is 11.9 Å². The zero-order valence-corrected chi connectivity index (χ0v) is 15.4. The molecule has 0 unspecified atom stereocenters. The molecule has 0 atom stereocenters. The number of carbonyl (C=O) groups is 2. The molecule has 0 fully saturated rings. The molecule has 1 N–H and O–H groups in total. The summed E-state index contributed by atoms with van der Waals surface area (Å²) < 4.78 is 4.89. The third-order valence-electron chi connectivity index (χ3n) is 4.04. The van der Waals surface area contributed by atoms with Crippen LogP contribution >= 0.6 is 0 Å². The fourth-order valence-electron chi connectivity index (χ4n) is 2.59. The number of ether oxygens (including phenoxy) is 1. The highest BCUT2D eigenvalue weighted by atomic mass is 16.6. The van der Waals surface area contributed by atoms with Crippen molar-refractivity contribution in [2.45, 2.75) is 33.1 Å². The lowest BCUT2D eigenvalue weighted by atomic mass is 10.1. The lowest BCUT2D eigenvalue weighted by Crippen LogP contribution is -2.13. The summed E-state index contributed by atoms with van der Waals surface area (Å²) in [5.74, 6) is -0.597. The summed E-state index contributed by atoms with van der Waals surface area (Å²) in [7, 11) is 0. The Labute approximate surface area is 157 Å². The molecule has 7 heteroatoms. The third-order valence-corrected chi connectivity index (χ3v) is 4.04. The van der Waals surface area contributed by atoms with Crippen molar-refractivity contribution in [3.63, 3.8) is 0 Å². The van der Waals surface area contributed by atoms with E-state index in [0.29, 0.717) is 30.7 Å². The van der Waals surface area contributed by atoms with Crippen LogP contribution in [0.15, 0.2) is 42.5 Å². The van der Waals surface area contributed by atoms with Crippen LogP contribution in [0.2, 0.25) is 0 Å². The number of hydrogen-bond acceptors (Lipinski definition) is 5. The van der Waals surface area contributed by atoms with Crippen molar-refractivity contribution in [2.24, 2.45) is 0 Å². The van der Waals surface area contributed by atoms with Crippen LogP contribution in [0.3, 0.4) is 0 Å². The molecule has 0 saturated carbocycles. The van der Waals surface area contributed by atoms with Crippen LogP contribution in [0.4, 0.5) is 11.4 Å². The zero-order valence-electron chi connectivity index (χ0n) is 15.4. The van der Waals surface area contributed by atoms with Gasteiger partial charge in [-0.3, -0.25) is 19.7 Å². The molecule has 0 saturated heterocycles. The van der Waals surface area contributed by atoms with E-state index in [4.69, 9.17) is 4.74 Å². The number of hydrogen-bond donors (Lipinski definition) is 1. The first-order valence-corrected chi connectivity index (χ1v) is 8.71. The number of carbonyl (C=O) groups excluding carboxylic acids is 2. The van der Waals surface area contributed by atoms with Crippen molar-refractivity contribution in [1.29, 1.82) is 0 Å². The average molecular weight is 370 g/mol. The third kappa shape index (κ3) is 5.91. The number of anilines is 1. The summed E-state index contributed by atoms with van der Waals surface area (Å²) >= 11 is 0. The van der Waals surface area contributed by atoms with E-state index in [2.05, 4.69) is 5.32 Å². The van der Waals surface area contributed by atoms with Gasteiger partial charge in [0.15, 0.2) is 0 Å². The smallest absolute Gasteiger partial charge is 0.305 e. The second kappa shape index (κ2) is 9.47. The molecule has 0 heterocycles. The van der Waals surface area contributed by atoms with Crippen molar-refractivity contribution in [3.05, 3.63) is 69.3 Å². The van der Waals surface area contributed by atoms with E-state index in [-0.39, 0.29) is 17.2 Å². The summed E-state index contributed by atoms with van der Waals surface area (Å²) in [4.78, 5) is 34.1. The summed E-state index contributed by atoms with van der Waals surface area (Å²) in [6.45, 7) is 3.89. The molecule has 142 valence electrons. The fourth-order valence-corrected chi connectivity index (χ4v) is 2.59. The highest BCUT2D eigenvalue weighted by molar-refractivity contribution is 6.05. The minimum Gasteiger partial charge on any atom is -0.466 e. The van der Waals surface area contributed by atoms with E-state index in [0.717, 1.165) is 12.0 Å². The molecule has 0 bridgehead atoms. The maximum absolute atomic E-state index is 12.4. The number of nitro groups is 1. The van der Waals surface area contributed by atoms with Gasteiger partial charge in [-0.15, -0.1) is 0 Å². The molecule has 27 heavy (non-hydrogen) atoms. The number of nitrogens with zero attached hydrogens (tertiary/aromatic N) is 1. The van der Waals surface area contributed by atoms with Gasteiger partial charge in [-0.25, -0.2) is 0 Å². The van der Waals surface area contributed by atoms with Gasteiger partial charge in [-0.1, -0.05) is 18.2 Å². The van der Waals surface area contributed by atoms with Gasteiger partial charge in [-0.05, 0) is 49.9 Å². The molecule has 0 aromatic heterocycles. The second-order valence-corrected chi connectivity index (χ2v) is 6.07. The Morgan fingerprint density at radius 3 is 2.48 bits per heavy atom. The Balaban J connectivity index is 1.96. The molecule has 0 aliphatic carbocycles. The summed E-state index contributed by atoms with van der Waals surface area (Å²) in [6, 6.07) is 11.5. The summed E-state index contributed by atoms with van der Waals surface area (Å²) in [5, 5.41) is 13.6. The van der Waals surface area contributed by atoms with E-state index >= 15 is 0 Å². The van der Waals surface area contributed by atoms with Gasteiger partial charge in [0.2, 0.25) is 0 Å². The molecule has 2 aromatic carbocycles. The monoisotopic (exact) mass is 370 g/mol. The lowest BCUT2D eigenvalue weighted by Gasteiger charge is -2.09. The first-order chi connectivity index (χ1) is 12.9. The van der Waals surface area contributed by atoms with Gasteiger partial charge in [0, 0.05) is 29.8 Å². The van der Waals surface area contributed by atoms with Crippen LogP contribution < -0.4 is 5.32 Å². The minimum absolute atomic E-state index is 0.123. The fraction of sp³-hybridized carbons (Fsp3) is 0.300. The number of amides is 1. The molecule has 1 amide bonds. The van der Waals surface area contributed by atoms with Gasteiger partial charge in [-0.2, -0.15) is 0 Å². The van der Waals surface area contributed by atoms with Crippen LogP contribution in [-0.4, -0.2) is 23.4 Å². The maximum Gasteiger partial charge on any atom is 0.305 e. The Morgan fingerprint density at radius 1 is 1.15 bits per heavy atom. The minimum atomic E-state index is -0.526. The van der Waals surface area contributed by atoms with E-state index < -0.39 is 10.8 Å². The SMILES string of the molecule is CCOC(=O)CCCc1ccc(NC(=O)c2cc([N+](=O)[O-])ccc2C)cc1. The predicted molar refractivity (Wildman–Crippen MR) is 102 cm³/mol. The Morgan fingerprint density at radius 2 is 1.85 bits per heavy atom. The van der Waals surface area contributed by atoms with Crippen molar-refractivity contribution < 1.29 is 19.2 Å². The number of aryl methyl sites for hydroxylation is 2. The van der Waals surface area contributed by atoms with Gasteiger partial charge in [0.1, 0.15) is 0 Å². The standard InChI is InChI=1S/C20H22N2O5/c1-3-27-19(23)6-4-5-15-8-10-16(11-9-15)21-20(24)18-13-17(22(25)26)12-7-14(18)2/h7-13H,3-6H2,1-2H3,(H,21,24). The summed E-state index contributed by atoms with van der Waals surface area (Å²) in [6.07, 6.45) is 1.80. The lowest BCUT2D eigenvalue weighted by molar-refractivity contribution is -0.384. The number of rotatable bonds is 8. The first kappa shape index (κ1) is 20.1. The van der Waals surface area contributed by atoms with Gasteiger partial charge >= 0.3 is 5.97 Å². The van der Waals surface area contributed by atoms with Crippen LogP contribution in [0.25, 0.3) is 0 Å². The average Bonchev–Trinajstić information content (AvgIpc) is 2.63. The number of non-ortho nitro benzene ring substituents is 1. The Bertz CT molecular complexity index is 831. The molecule has 0 aliphatic rings. The maximum atomic E-state index is 12.4. The van der Waals surface area contributed by atoms with Crippen molar-refractivity contribution in [3.8, 4) is 0 Å². The Kier molecular flexibility index (Phi) is 7.05. The number of benzene rings is 2. The Hall–Kier alpha value is -3.22. The molecule has 0 spiro atoms. The van der Waals surface area contributed by atoms with Crippen LogP contribution in [0.1, 0.15) is 41.3 Å². The van der Waals surface area contributed by atoms with Crippen LogP contribution in [0.5, 0.6) is 0 Å². The normalized spacial score (nSPS) is 10.3. The van der Waals surface area contributed by atoms with E-state index in [9.17, 15) is 19.7 Å². The number of esters is 1. The van der Waals surface area contributed by atoms with Gasteiger partial charge < -0.3 is 10.1 Å². The quantitative estimate of drug-likeness (QED) is 0.429. The van der Waals surface area contributed by atoms with Crippen LogP contribution in [0, 0.1) is 17.0 Å².